The largest absolute Gasteiger partial charge is 0.394 e. The van der Waals surface area contributed by atoms with Gasteiger partial charge in [-0.15, -0.1) is 0 Å². The highest BCUT2D eigenvalue weighted by Crippen LogP contribution is 2.66. The van der Waals surface area contributed by atoms with Crippen LogP contribution in [0, 0.1) is 34.5 Å². The highest BCUT2D eigenvalue weighted by atomic mass is 16.6. The number of nitrogens with one attached hydrogen (secondary N) is 1. The SMILES string of the molecule is C=C1C[C@@H]2[C@H](CC[C@]3(C)C(=O)CC[C@@H]23)[C@@]2(C)CCC(=NOCCNC)CC12. The number of likely N-dealkylation sites (N-methyl/N-ethyl adjacent to an activating group) is 1. The first kappa shape index (κ1) is 19.2. The summed E-state index contributed by atoms with van der Waals surface area (Å²) in [5.74, 6) is 3.04. The van der Waals surface area contributed by atoms with Crippen molar-refractivity contribution in [2.24, 2.45) is 39.7 Å². The van der Waals surface area contributed by atoms with Crippen LogP contribution in [0.1, 0.15) is 65.2 Å². The molecule has 150 valence electrons. The maximum absolute atomic E-state index is 12.6. The van der Waals surface area contributed by atoms with Crippen molar-refractivity contribution in [3.8, 4) is 0 Å². The zero-order valence-corrected chi connectivity index (χ0v) is 17.4. The van der Waals surface area contributed by atoms with Crippen molar-refractivity contribution < 1.29 is 9.63 Å². The molecule has 1 N–H and O–H groups in total. The second-order valence-corrected chi connectivity index (χ2v) is 10.0. The third-order valence-corrected chi connectivity index (χ3v) is 8.81. The summed E-state index contributed by atoms with van der Waals surface area (Å²) in [6.45, 7) is 10.8. The summed E-state index contributed by atoms with van der Waals surface area (Å²) < 4.78 is 0. The first-order chi connectivity index (χ1) is 12.9. The quantitative estimate of drug-likeness (QED) is 0.453. The second-order valence-electron chi connectivity index (χ2n) is 10.0. The number of hydrogen-bond donors (Lipinski definition) is 1. The molecule has 0 spiro atoms. The number of oxime groups is 1. The molecule has 0 heterocycles. The van der Waals surface area contributed by atoms with Crippen LogP contribution in [0.5, 0.6) is 0 Å². The Bertz CT molecular complexity index is 657. The van der Waals surface area contributed by atoms with Gasteiger partial charge >= 0.3 is 0 Å². The number of fused-ring (bicyclic) bond motifs is 5. The van der Waals surface area contributed by atoms with Crippen molar-refractivity contribution in [1.29, 1.82) is 0 Å². The first-order valence-corrected chi connectivity index (χ1v) is 10.9. The van der Waals surface area contributed by atoms with Crippen LogP contribution in [0.2, 0.25) is 0 Å². The Morgan fingerprint density at radius 2 is 2.00 bits per heavy atom. The highest BCUT2D eigenvalue weighted by Gasteiger charge is 2.60. The summed E-state index contributed by atoms with van der Waals surface area (Å²) in [4.78, 5) is 18.1. The van der Waals surface area contributed by atoms with Crippen LogP contribution in [0.4, 0.5) is 0 Å². The maximum Gasteiger partial charge on any atom is 0.139 e. The summed E-state index contributed by atoms with van der Waals surface area (Å²) in [5, 5.41) is 7.53. The van der Waals surface area contributed by atoms with Gasteiger partial charge in [0.05, 0.1) is 5.71 Å². The van der Waals surface area contributed by atoms with Gasteiger partial charge in [-0.25, -0.2) is 0 Å². The number of carbonyl (C=O) groups is 1. The molecule has 4 nitrogen and oxygen atoms in total. The molecular formula is C23H36N2O2. The monoisotopic (exact) mass is 372 g/mol. The van der Waals surface area contributed by atoms with Crippen LogP contribution in [0.15, 0.2) is 17.3 Å². The minimum Gasteiger partial charge on any atom is -0.394 e. The topological polar surface area (TPSA) is 50.7 Å². The van der Waals surface area contributed by atoms with Gasteiger partial charge in [0, 0.05) is 18.4 Å². The van der Waals surface area contributed by atoms with E-state index in [9.17, 15) is 4.79 Å². The Morgan fingerprint density at radius 1 is 1.19 bits per heavy atom. The fourth-order valence-corrected chi connectivity index (χ4v) is 7.19. The van der Waals surface area contributed by atoms with E-state index in [1.165, 1.54) is 24.1 Å². The fraction of sp³-hybridized carbons (Fsp3) is 0.826. The molecule has 0 saturated heterocycles. The van der Waals surface area contributed by atoms with Crippen molar-refractivity contribution in [2.75, 3.05) is 20.2 Å². The molecule has 4 rings (SSSR count). The lowest BCUT2D eigenvalue weighted by molar-refractivity contribution is -0.134. The molecule has 4 heteroatoms. The van der Waals surface area contributed by atoms with Gasteiger partial charge in [-0.2, -0.15) is 0 Å². The van der Waals surface area contributed by atoms with Gasteiger partial charge in [-0.1, -0.05) is 31.2 Å². The minimum atomic E-state index is -0.0485. The fourth-order valence-electron chi connectivity index (χ4n) is 7.19. The van der Waals surface area contributed by atoms with Crippen molar-refractivity contribution in [3.05, 3.63) is 12.2 Å². The van der Waals surface area contributed by atoms with Gasteiger partial charge in [0.15, 0.2) is 0 Å². The van der Waals surface area contributed by atoms with Crippen LogP contribution in [0.3, 0.4) is 0 Å². The van der Waals surface area contributed by atoms with Crippen LogP contribution in [-0.2, 0) is 9.63 Å². The van der Waals surface area contributed by atoms with Crippen molar-refractivity contribution in [2.45, 2.75) is 65.2 Å². The zero-order valence-electron chi connectivity index (χ0n) is 17.4. The van der Waals surface area contributed by atoms with E-state index < -0.39 is 0 Å². The number of hydrogen-bond acceptors (Lipinski definition) is 4. The smallest absolute Gasteiger partial charge is 0.139 e. The van der Waals surface area contributed by atoms with E-state index in [1.54, 1.807) is 0 Å². The van der Waals surface area contributed by atoms with Gasteiger partial charge < -0.3 is 10.2 Å². The first-order valence-electron chi connectivity index (χ1n) is 10.9. The van der Waals surface area contributed by atoms with Gasteiger partial charge in [0.2, 0.25) is 0 Å². The molecule has 0 aromatic rings. The van der Waals surface area contributed by atoms with E-state index >= 15 is 0 Å². The summed E-state index contributed by atoms with van der Waals surface area (Å²) in [6.07, 6.45) is 8.59. The van der Waals surface area contributed by atoms with E-state index in [1.807, 2.05) is 7.05 Å². The van der Waals surface area contributed by atoms with E-state index in [0.717, 1.165) is 51.0 Å². The van der Waals surface area contributed by atoms with Crippen molar-refractivity contribution in [3.63, 3.8) is 0 Å². The second kappa shape index (κ2) is 7.02. The summed E-state index contributed by atoms with van der Waals surface area (Å²) >= 11 is 0. The molecule has 27 heavy (non-hydrogen) atoms. The molecule has 0 radical (unpaired) electrons. The number of Topliss-reactive ketones (excluding diaryl/α,β-unsaturated/α-hetero) is 1. The molecule has 4 aliphatic carbocycles. The average Bonchev–Trinajstić information content (AvgIpc) is 2.95. The van der Waals surface area contributed by atoms with E-state index in [0.29, 0.717) is 35.6 Å². The summed E-state index contributed by atoms with van der Waals surface area (Å²) in [7, 11) is 1.93. The van der Waals surface area contributed by atoms with E-state index in [4.69, 9.17) is 4.84 Å². The van der Waals surface area contributed by atoms with Gasteiger partial charge in [0.1, 0.15) is 12.4 Å². The van der Waals surface area contributed by atoms with Crippen LogP contribution in [0.25, 0.3) is 0 Å². The van der Waals surface area contributed by atoms with Crippen molar-refractivity contribution >= 4 is 11.5 Å². The van der Waals surface area contributed by atoms with Gasteiger partial charge in [-0.05, 0) is 81.1 Å². The van der Waals surface area contributed by atoms with Crippen LogP contribution in [-0.4, -0.2) is 31.7 Å². The number of nitrogens with zero attached hydrogens (tertiary/aromatic N) is 1. The Hall–Kier alpha value is -1.16. The standard InChI is InChI=1S/C23H36N2O2/c1-15-13-17-18-5-6-21(26)23(18,3)10-8-19(17)22(2)9-7-16(14-20(15)22)25-27-12-11-24-4/h17-20,24H,1,5-14H2,2-4H3/t17-,18-,19-,20?,22+,23-/m0/s1. The predicted octanol–water partition coefficient (Wildman–Crippen LogP) is 4.36. The Labute approximate surface area is 164 Å². The summed E-state index contributed by atoms with van der Waals surface area (Å²) in [6, 6.07) is 0. The lowest BCUT2D eigenvalue weighted by Crippen LogP contribution is -2.54. The van der Waals surface area contributed by atoms with Gasteiger partial charge in [0.25, 0.3) is 0 Å². The number of carbonyl (C=O) groups excluding carboxylic acids is 1. The third kappa shape index (κ3) is 2.99. The molecule has 6 atom stereocenters. The maximum atomic E-state index is 12.6. The van der Waals surface area contributed by atoms with E-state index in [-0.39, 0.29) is 5.41 Å². The Morgan fingerprint density at radius 3 is 2.78 bits per heavy atom. The van der Waals surface area contributed by atoms with Gasteiger partial charge in [-0.3, -0.25) is 4.79 Å². The molecular weight excluding hydrogens is 336 g/mol. The summed E-state index contributed by atoms with van der Waals surface area (Å²) in [5.41, 5.74) is 2.89. The highest BCUT2D eigenvalue weighted by molar-refractivity contribution is 5.87. The lowest BCUT2D eigenvalue weighted by Gasteiger charge is -2.60. The number of ketones is 1. The number of rotatable bonds is 4. The Kier molecular flexibility index (Phi) is 4.99. The van der Waals surface area contributed by atoms with Crippen molar-refractivity contribution in [1.82, 2.24) is 5.32 Å². The average molecular weight is 373 g/mol. The Balaban J connectivity index is 1.52. The third-order valence-electron chi connectivity index (χ3n) is 8.81. The van der Waals surface area contributed by atoms with Crippen LogP contribution >= 0.6 is 0 Å². The molecule has 0 bridgehead atoms. The number of allylic oxidation sites excluding steroid dienone is 1. The lowest BCUT2D eigenvalue weighted by atomic mass is 9.44. The minimum absolute atomic E-state index is 0.0485. The zero-order chi connectivity index (χ0) is 19.2. The van der Waals surface area contributed by atoms with E-state index in [2.05, 4.69) is 30.9 Å². The predicted molar refractivity (Wildman–Crippen MR) is 109 cm³/mol. The molecule has 0 aliphatic heterocycles. The normalized spacial score (nSPS) is 45.4. The molecule has 0 aromatic carbocycles. The molecule has 0 amide bonds. The molecule has 4 aliphatic rings. The molecule has 4 fully saturated rings. The molecule has 1 unspecified atom stereocenters. The molecule has 4 saturated carbocycles. The molecule has 0 aromatic heterocycles. The van der Waals surface area contributed by atoms with Crippen LogP contribution < -0.4 is 5.32 Å².